The van der Waals surface area contributed by atoms with Gasteiger partial charge in [0.15, 0.2) is 16.7 Å². The topological polar surface area (TPSA) is 73.0 Å². The van der Waals surface area contributed by atoms with Gasteiger partial charge in [0.2, 0.25) is 5.91 Å². The number of halogens is 1. The minimum atomic E-state index is -0.0944. The van der Waals surface area contributed by atoms with Crippen LogP contribution in [0.4, 0.5) is 0 Å². The van der Waals surface area contributed by atoms with Crippen molar-refractivity contribution in [3.8, 4) is 11.6 Å². The highest BCUT2D eigenvalue weighted by Crippen LogP contribution is 2.24. The second kappa shape index (κ2) is 8.42. The van der Waals surface area contributed by atoms with E-state index in [-0.39, 0.29) is 17.7 Å². The summed E-state index contributed by atoms with van der Waals surface area (Å²) in [6.45, 7) is 4.63. The molecule has 136 valence electrons. The molecule has 0 aliphatic rings. The average Bonchev–Trinajstić information content (AvgIpc) is 3.29. The van der Waals surface area contributed by atoms with Gasteiger partial charge in [-0.15, -0.1) is 10.2 Å². The van der Waals surface area contributed by atoms with E-state index in [2.05, 4.69) is 15.5 Å². The van der Waals surface area contributed by atoms with Crippen molar-refractivity contribution < 1.29 is 9.21 Å². The lowest BCUT2D eigenvalue weighted by Gasteiger charge is -2.14. The van der Waals surface area contributed by atoms with Gasteiger partial charge in [0.05, 0.1) is 18.1 Å². The minimum absolute atomic E-state index is 0.0670. The van der Waals surface area contributed by atoms with Crippen LogP contribution in [0, 0.1) is 0 Å². The monoisotopic (exact) mass is 390 g/mol. The van der Waals surface area contributed by atoms with E-state index in [4.69, 9.17) is 16.0 Å². The van der Waals surface area contributed by atoms with Crippen molar-refractivity contribution in [2.45, 2.75) is 31.6 Å². The van der Waals surface area contributed by atoms with Gasteiger partial charge >= 0.3 is 0 Å². The summed E-state index contributed by atoms with van der Waals surface area (Å²) >= 11 is 7.25. The van der Waals surface area contributed by atoms with E-state index in [9.17, 15) is 4.79 Å². The van der Waals surface area contributed by atoms with Gasteiger partial charge in [0.25, 0.3) is 0 Å². The lowest BCUT2D eigenvalue weighted by molar-refractivity contribution is -0.119. The molecule has 1 amide bonds. The molecule has 0 fully saturated rings. The van der Waals surface area contributed by atoms with E-state index < -0.39 is 0 Å². The highest BCUT2D eigenvalue weighted by molar-refractivity contribution is 7.99. The maximum Gasteiger partial charge on any atom is 0.230 e. The van der Waals surface area contributed by atoms with Crippen molar-refractivity contribution in [3.63, 3.8) is 0 Å². The summed E-state index contributed by atoms with van der Waals surface area (Å²) in [5.41, 5.74) is 1.00. The van der Waals surface area contributed by atoms with Gasteiger partial charge in [0, 0.05) is 11.6 Å². The smallest absolute Gasteiger partial charge is 0.230 e. The quantitative estimate of drug-likeness (QED) is 0.612. The van der Waals surface area contributed by atoms with Crippen LogP contribution in [0.3, 0.4) is 0 Å². The largest absolute Gasteiger partial charge is 0.461 e. The number of thioether (sulfide) groups is 1. The van der Waals surface area contributed by atoms with Crippen molar-refractivity contribution in [2.75, 3.05) is 5.75 Å². The summed E-state index contributed by atoms with van der Waals surface area (Å²) < 4.78 is 7.32. The van der Waals surface area contributed by atoms with E-state index in [1.807, 2.05) is 54.8 Å². The lowest BCUT2D eigenvalue weighted by atomic mass is 10.1. The predicted octanol–water partition coefficient (Wildman–Crippen LogP) is 4.18. The van der Waals surface area contributed by atoms with Crippen molar-refractivity contribution in [1.82, 2.24) is 20.1 Å². The molecule has 1 N–H and O–H groups in total. The Kier molecular flexibility index (Phi) is 6.00. The van der Waals surface area contributed by atoms with E-state index in [1.165, 1.54) is 11.8 Å². The summed E-state index contributed by atoms with van der Waals surface area (Å²) in [5, 5.41) is 12.7. The molecule has 0 radical (unpaired) electrons. The van der Waals surface area contributed by atoms with Gasteiger partial charge in [-0.25, -0.2) is 0 Å². The molecule has 2 aromatic heterocycles. The molecule has 26 heavy (non-hydrogen) atoms. The Bertz CT molecular complexity index is 862. The molecule has 0 unspecified atom stereocenters. The molecule has 0 saturated heterocycles. The van der Waals surface area contributed by atoms with Crippen molar-refractivity contribution in [1.29, 1.82) is 0 Å². The fraction of sp³-hybridized carbons (Fsp3) is 0.278. The fourth-order valence-corrected chi connectivity index (χ4v) is 3.46. The summed E-state index contributed by atoms with van der Waals surface area (Å²) in [4.78, 5) is 12.3. The maximum atomic E-state index is 12.3. The number of furan rings is 1. The third kappa shape index (κ3) is 4.28. The summed E-state index contributed by atoms with van der Waals surface area (Å²) in [6.07, 6.45) is 1.60. The Hall–Kier alpha value is -2.25. The predicted molar refractivity (Wildman–Crippen MR) is 102 cm³/mol. The zero-order valence-electron chi connectivity index (χ0n) is 14.5. The second-order valence-electron chi connectivity index (χ2n) is 5.66. The number of nitrogens with one attached hydrogen (secondary N) is 1. The molecular weight excluding hydrogens is 372 g/mol. The molecule has 1 aromatic carbocycles. The van der Waals surface area contributed by atoms with Crippen LogP contribution >= 0.6 is 23.4 Å². The van der Waals surface area contributed by atoms with Gasteiger partial charge in [0.1, 0.15) is 0 Å². The third-order valence-electron chi connectivity index (χ3n) is 3.85. The van der Waals surface area contributed by atoms with Crippen molar-refractivity contribution >= 4 is 29.3 Å². The standard InChI is InChI=1S/C18H19ClN4O2S/c1-3-23-17(15-5-4-10-25-15)21-22-18(23)26-11-16(24)20-12(2)13-6-8-14(19)9-7-13/h4-10,12H,3,11H2,1-2H3,(H,20,24)/t12-/m0/s1. The lowest BCUT2D eigenvalue weighted by Crippen LogP contribution is -2.28. The van der Waals surface area contributed by atoms with Crippen molar-refractivity contribution in [2.24, 2.45) is 0 Å². The first kappa shape index (κ1) is 18.5. The Morgan fingerprint density at radius 1 is 1.31 bits per heavy atom. The number of benzene rings is 1. The summed E-state index contributed by atoms with van der Waals surface area (Å²) in [7, 11) is 0. The minimum Gasteiger partial charge on any atom is -0.461 e. The van der Waals surface area contributed by atoms with Crippen LogP contribution < -0.4 is 5.32 Å². The van der Waals surface area contributed by atoms with E-state index in [0.717, 1.165) is 5.56 Å². The second-order valence-corrected chi connectivity index (χ2v) is 7.04. The number of hydrogen-bond donors (Lipinski definition) is 1. The molecule has 8 heteroatoms. The summed E-state index contributed by atoms with van der Waals surface area (Å²) in [5.74, 6) is 1.51. The van der Waals surface area contributed by atoms with Crippen molar-refractivity contribution in [3.05, 3.63) is 53.2 Å². The number of aromatic nitrogens is 3. The van der Waals surface area contributed by atoms with Gasteiger partial charge in [-0.05, 0) is 43.7 Å². The number of rotatable bonds is 7. The Balaban J connectivity index is 1.60. The van der Waals surface area contributed by atoms with Crippen LogP contribution in [0.15, 0.2) is 52.2 Å². The number of carbonyl (C=O) groups is 1. The van der Waals surface area contributed by atoms with Gasteiger partial charge in [-0.1, -0.05) is 35.5 Å². The Labute approximate surface area is 160 Å². The van der Waals surface area contributed by atoms with Crippen LogP contribution in [0.25, 0.3) is 11.6 Å². The van der Waals surface area contributed by atoms with Gasteiger partial charge < -0.3 is 9.73 Å². The van der Waals surface area contributed by atoms with Gasteiger partial charge in [-0.2, -0.15) is 0 Å². The molecule has 0 bridgehead atoms. The molecule has 0 spiro atoms. The molecule has 2 heterocycles. The first-order valence-electron chi connectivity index (χ1n) is 8.23. The van der Waals surface area contributed by atoms with E-state index in [1.54, 1.807) is 6.26 Å². The molecule has 3 rings (SSSR count). The van der Waals surface area contributed by atoms with Crippen LogP contribution in [0.5, 0.6) is 0 Å². The molecule has 6 nitrogen and oxygen atoms in total. The maximum absolute atomic E-state index is 12.3. The molecular formula is C18H19ClN4O2S. The van der Waals surface area contributed by atoms with Crippen LogP contribution in [0.1, 0.15) is 25.5 Å². The van der Waals surface area contributed by atoms with Crippen LogP contribution in [-0.2, 0) is 11.3 Å². The molecule has 1 atom stereocenters. The van der Waals surface area contributed by atoms with Crippen LogP contribution in [-0.4, -0.2) is 26.4 Å². The summed E-state index contributed by atoms with van der Waals surface area (Å²) in [6, 6.07) is 11.0. The molecule has 3 aromatic rings. The SMILES string of the molecule is CCn1c(SCC(=O)N[C@@H](C)c2ccc(Cl)cc2)nnc1-c1ccco1. The number of nitrogens with zero attached hydrogens (tertiary/aromatic N) is 3. The zero-order valence-corrected chi connectivity index (χ0v) is 16.0. The normalized spacial score (nSPS) is 12.1. The number of amides is 1. The van der Waals surface area contributed by atoms with E-state index in [0.29, 0.717) is 28.3 Å². The third-order valence-corrected chi connectivity index (χ3v) is 5.07. The first-order chi connectivity index (χ1) is 12.6. The average molecular weight is 391 g/mol. The number of hydrogen-bond acceptors (Lipinski definition) is 5. The van der Waals surface area contributed by atoms with Crippen LogP contribution in [0.2, 0.25) is 5.02 Å². The zero-order chi connectivity index (χ0) is 18.5. The Morgan fingerprint density at radius 2 is 2.08 bits per heavy atom. The number of carbonyl (C=O) groups excluding carboxylic acids is 1. The molecule has 0 aliphatic heterocycles. The first-order valence-corrected chi connectivity index (χ1v) is 9.59. The van der Waals surface area contributed by atoms with E-state index >= 15 is 0 Å². The highest BCUT2D eigenvalue weighted by Gasteiger charge is 2.17. The molecule has 0 saturated carbocycles. The fourth-order valence-electron chi connectivity index (χ4n) is 2.52. The highest BCUT2D eigenvalue weighted by atomic mass is 35.5. The molecule has 0 aliphatic carbocycles. The Morgan fingerprint density at radius 3 is 2.73 bits per heavy atom. The van der Waals surface area contributed by atoms with Gasteiger partial charge in [-0.3, -0.25) is 9.36 Å².